The molecule has 1 heterocycles. The Bertz CT molecular complexity index is 663. The second-order valence-corrected chi connectivity index (χ2v) is 3.98. The highest BCUT2D eigenvalue weighted by molar-refractivity contribution is 5.90. The van der Waals surface area contributed by atoms with Crippen LogP contribution in [0.25, 0.3) is 10.8 Å². The van der Waals surface area contributed by atoms with Gasteiger partial charge >= 0.3 is 0 Å². The fourth-order valence-electron chi connectivity index (χ4n) is 1.86. The van der Waals surface area contributed by atoms with Crippen molar-refractivity contribution in [3.63, 3.8) is 0 Å². The van der Waals surface area contributed by atoms with Gasteiger partial charge < -0.3 is 14.4 Å². The Morgan fingerprint density at radius 2 is 2.06 bits per heavy atom. The second kappa shape index (κ2) is 4.41. The van der Waals surface area contributed by atoms with Crippen LogP contribution in [0.2, 0.25) is 0 Å². The highest BCUT2D eigenvalue weighted by Crippen LogP contribution is 2.34. The van der Waals surface area contributed by atoms with Crippen LogP contribution < -0.4 is 4.74 Å². The van der Waals surface area contributed by atoms with Crippen molar-refractivity contribution in [1.29, 1.82) is 0 Å². The summed E-state index contributed by atoms with van der Waals surface area (Å²) in [5.41, 5.74) is 0. The van der Waals surface area contributed by atoms with Crippen molar-refractivity contribution in [2.75, 3.05) is 0 Å². The number of ether oxygens (including phenoxy) is 1. The van der Waals surface area contributed by atoms with E-state index in [4.69, 9.17) is 4.74 Å². The maximum atomic E-state index is 10.1. The van der Waals surface area contributed by atoms with E-state index in [1.807, 2.05) is 30.3 Å². The van der Waals surface area contributed by atoms with Gasteiger partial charge in [0.25, 0.3) is 0 Å². The SMILES string of the molecule is Oc1c(OCn2ccnc2)ccc2ccccc12. The van der Waals surface area contributed by atoms with E-state index in [1.165, 1.54) is 0 Å². The minimum Gasteiger partial charge on any atom is -0.504 e. The van der Waals surface area contributed by atoms with Gasteiger partial charge in [-0.1, -0.05) is 30.3 Å². The Kier molecular flexibility index (Phi) is 2.61. The van der Waals surface area contributed by atoms with Crippen molar-refractivity contribution in [3.8, 4) is 11.5 Å². The van der Waals surface area contributed by atoms with Gasteiger partial charge in [-0.2, -0.15) is 0 Å². The van der Waals surface area contributed by atoms with E-state index >= 15 is 0 Å². The van der Waals surface area contributed by atoms with Crippen LogP contribution in [-0.4, -0.2) is 14.7 Å². The number of benzene rings is 2. The van der Waals surface area contributed by atoms with Crippen LogP contribution >= 0.6 is 0 Å². The lowest BCUT2D eigenvalue weighted by Gasteiger charge is -2.10. The predicted molar refractivity (Wildman–Crippen MR) is 68.5 cm³/mol. The normalized spacial score (nSPS) is 10.7. The van der Waals surface area contributed by atoms with Gasteiger partial charge in [-0.3, -0.25) is 0 Å². The molecule has 1 N–H and O–H groups in total. The van der Waals surface area contributed by atoms with Crippen LogP contribution in [0.15, 0.2) is 55.1 Å². The molecule has 18 heavy (non-hydrogen) atoms. The summed E-state index contributed by atoms with van der Waals surface area (Å²) >= 11 is 0. The standard InChI is InChI=1S/C14H12N2O2/c17-14-12-4-2-1-3-11(12)5-6-13(14)18-10-16-8-7-15-9-16/h1-9,17H,10H2. The smallest absolute Gasteiger partial charge is 0.166 e. The number of aromatic nitrogens is 2. The highest BCUT2D eigenvalue weighted by atomic mass is 16.5. The lowest BCUT2D eigenvalue weighted by molar-refractivity contribution is 0.227. The molecule has 0 spiro atoms. The fraction of sp³-hybridized carbons (Fsp3) is 0.0714. The first-order valence-corrected chi connectivity index (χ1v) is 5.64. The van der Waals surface area contributed by atoms with Crippen LogP contribution in [-0.2, 0) is 6.73 Å². The summed E-state index contributed by atoms with van der Waals surface area (Å²) in [6.45, 7) is 0.325. The molecule has 0 saturated carbocycles. The average Bonchev–Trinajstić information content (AvgIpc) is 2.91. The zero-order valence-corrected chi connectivity index (χ0v) is 9.65. The number of imidazole rings is 1. The molecule has 0 aliphatic carbocycles. The first-order valence-electron chi connectivity index (χ1n) is 5.64. The van der Waals surface area contributed by atoms with E-state index in [0.717, 1.165) is 10.8 Å². The van der Waals surface area contributed by atoms with Gasteiger partial charge in [0.05, 0.1) is 6.33 Å². The van der Waals surface area contributed by atoms with Crippen molar-refractivity contribution in [2.24, 2.45) is 0 Å². The first-order chi connectivity index (χ1) is 8.84. The Morgan fingerprint density at radius 1 is 1.17 bits per heavy atom. The maximum absolute atomic E-state index is 10.1. The second-order valence-electron chi connectivity index (χ2n) is 3.98. The summed E-state index contributed by atoms with van der Waals surface area (Å²) in [5.74, 6) is 0.649. The van der Waals surface area contributed by atoms with Crippen LogP contribution in [0.1, 0.15) is 0 Å². The number of phenols is 1. The molecule has 0 fully saturated rings. The molecule has 3 aromatic rings. The molecule has 1 aromatic heterocycles. The summed E-state index contributed by atoms with van der Waals surface area (Å²) in [4.78, 5) is 3.93. The van der Waals surface area contributed by atoms with Gasteiger partial charge in [0.2, 0.25) is 0 Å². The Balaban J connectivity index is 1.90. The number of hydrogen-bond acceptors (Lipinski definition) is 3. The summed E-state index contributed by atoms with van der Waals surface area (Å²) in [5, 5.41) is 11.9. The van der Waals surface area contributed by atoms with Crippen LogP contribution in [0.3, 0.4) is 0 Å². The van der Waals surface area contributed by atoms with Crippen molar-refractivity contribution < 1.29 is 9.84 Å². The Morgan fingerprint density at radius 3 is 2.89 bits per heavy atom. The molecule has 4 nitrogen and oxygen atoms in total. The molecular formula is C14H12N2O2. The molecule has 2 aromatic carbocycles. The molecule has 0 bridgehead atoms. The van der Waals surface area contributed by atoms with E-state index in [9.17, 15) is 5.11 Å². The number of hydrogen-bond donors (Lipinski definition) is 1. The number of rotatable bonds is 3. The lowest BCUT2D eigenvalue weighted by Crippen LogP contribution is -2.02. The third-order valence-corrected chi connectivity index (χ3v) is 2.79. The molecule has 3 rings (SSSR count). The monoisotopic (exact) mass is 240 g/mol. The van der Waals surface area contributed by atoms with Crippen molar-refractivity contribution in [1.82, 2.24) is 9.55 Å². The number of phenolic OH excluding ortho intramolecular Hbond substituents is 1. The van der Waals surface area contributed by atoms with Gasteiger partial charge in [-0.15, -0.1) is 0 Å². The van der Waals surface area contributed by atoms with Gasteiger partial charge in [0.1, 0.15) is 0 Å². The van der Waals surface area contributed by atoms with E-state index in [0.29, 0.717) is 12.5 Å². The van der Waals surface area contributed by atoms with Crippen LogP contribution in [0.5, 0.6) is 11.5 Å². The quantitative estimate of drug-likeness (QED) is 0.765. The maximum Gasteiger partial charge on any atom is 0.166 e. The minimum absolute atomic E-state index is 0.174. The molecule has 0 aliphatic rings. The van der Waals surface area contributed by atoms with Crippen LogP contribution in [0, 0.1) is 0 Å². The molecule has 90 valence electrons. The minimum atomic E-state index is 0.174. The van der Waals surface area contributed by atoms with Gasteiger partial charge in [0.15, 0.2) is 18.2 Å². The lowest BCUT2D eigenvalue weighted by atomic mass is 10.1. The van der Waals surface area contributed by atoms with Gasteiger partial charge in [0, 0.05) is 17.8 Å². The zero-order valence-electron chi connectivity index (χ0n) is 9.65. The number of fused-ring (bicyclic) bond motifs is 1. The summed E-state index contributed by atoms with van der Waals surface area (Å²) < 4.78 is 7.35. The fourth-order valence-corrected chi connectivity index (χ4v) is 1.86. The molecule has 0 atom stereocenters. The number of aromatic hydroxyl groups is 1. The molecular weight excluding hydrogens is 228 g/mol. The first kappa shape index (κ1) is 10.7. The van der Waals surface area contributed by atoms with Crippen molar-refractivity contribution in [3.05, 3.63) is 55.1 Å². The molecule has 0 aliphatic heterocycles. The molecule has 0 radical (unpaired) electrons. The summed E-state index contributed by atoms with van der Waals surface area (Å²) in [7, 11) is 0. The Hall–Kier alpha value is -2.49. The molecule has 0 unspecified atom stereocenters. The van der Waals surface area contributed by atoms with E-state index in [1.54, 1.807) is 29.4 Å². The largest absolute Gasteiger partial charge is 0.504 e. The van der Waals surface area contributed by atoms with Gasteiger partial charge in [-0.05, 0) is 11.5 Å². The van der Waals surface area contributed by atoms with Crippen molar-refractivity contribution >= 4 is 10.8 Å². The van der Waals surface area contributed by atoms with Crippen molar-refractivity contribution in [2.45, 2.75) is 6.73 Å². The third kappa shape index (κ3) is 1.88. The zero-order chi connectivity index (χ0) is 12.4. The van der Waals surface area contributed by atoms with E-state index in [-0.39, 0.29) is 5.75 Å². The van der Waals surface area contributed by atoms with E-state index in [2.05, 4.69) is 4.98 Å². The van der Waals surface area contributed by atoms with E-state index < -0.39 is 0 Å². The predicted octanol–water partition coefficient (Wildman–Crippen LogP) is 2.78. The summed E-state index contributed by atoms with van der Waals surface area (Å²) in [6.07, 6.45) is 5.15. The highest BCUT2D eigenvalue weighted by Gasteiger charge is 2.06. The number of nitrogens with zero attached hydrogens (tertiary/aromatic N) is 2. The topological polar surface area (TPSA) is 47.3 Å². The van der Waals surface area contributed by atoms with Crippen LogP contribution in [0.4, 0.5) is 0 Å². The molecule has 0 amide bonds. The Labute approximate surface area is 104 Å². The van der Waals surface area contributed by atoms with Gasteiger partial charge in [-0.25, -0.2) is 4.98 Å². The molecule has 4 heteroatoms. The summed E-state index contributed by atoms with van der Waals surface area (Å²) in [6, 6.07) is 11.4. The third-order valence-electron chi connectivity index (χ3n) is 2.79. The molecule has 0 saturated heterocycles. The average molecular weight is 240 g/mol.